The molecule has 1 N–H and O–H groups in total. The number of hydrogen-bond acceptors (Lipinski definition) is 5. The van der Waals surface area contributed by atoms with E-state index in [1.807, 2.05) is 0 Å². The van der Waals surface area contributed by atoms with Gasteiger partial charge in [0.05, 0.1) is 20.1 Å². The van der Waals surface area contributed by atoms with E-state index in [0.29, 0.717) is 6.42 Å². The molecule has 18 heavy (non-hydrogen) atoms. The first kappa shape index (κ1) is 12.9. The lowest BCUT2D eigenvalue weighted by Gasteiger charge is -2.29. The fourth-order valence-corrected chi connectivity index (χ4v) is 3.35. The zero-order chi connectivity index (χ0) is 13.5. The second-order valence-electron chi connectivity index (χ2n) is 4.92. The fraction of sp³-hybridized carbons (Fsp3) is 0.750. The second kappa shape index (κ2) is 4.26. The van der Waals surface area contributed by atoms with Crippen molar-refractivity contribution in [2.75, 3.05) is 14.2 Å². The van der Waals surface area contributed by atoms with Crippen LogP contribution in [0.15, 0.2) is 0 Å². The third-order valence-corrected chi connectivity index (χ3v) is 4.03. The van der Waals surface area contributed by atoms with E-state index >= 15 is 0 Å². The molecule has 100 valence electrons. The molecule has 0 unspecified atom stereocenters. The van der Waals surface area contributed by atoms with Gasteiger partial charge in [-0.3, -0.25) is 9.59 Å². The normalized spacial score (nSPS) is 36.5. The quantitative estimate of drug-likeness (QED) is 0.710. The topological polar surface area (TPSA) is 81.7 Å². The summed E-state index contributed by atoms with van der Waals surface area (Å²) in [6.07, 6.45) is 1.24. The van der Waals surface area contributed by atoms with E-state index in [4.69, 9.17) is 9.47 Å². The van der Waals surface area contributed by atoms with Crippen molar-refractivity contribution in [1.29, 1.82) is 0 Å². The molecular weight excluding hydrogens is 238 g/mol. The van der Waals surface area contributed by atoms with Gasteiger partial charge in [-0.2, -0.15) is 0 Å². The SMILES string of the molecule is COC(=O)[C@H]1[C@@H]2CC[C@@](NC(C)=O)(C(=O)OC)[C@@H]21. The maximum atomic E-state index is 12.0. The van der Waals surface area contributed by atoms with Gasteiger partial charge < -0.3 is 14.8 Å². The van der Waals surface area contributed by atoms with Gasteiger partial charge in [0, 0.05) is 12.8 Å². The third-order valence-electron chi connectivity index (χ3n) is 4.03. The highest BCUT2D eigenvalue weighted by Crippen LogP contribution is 2.62. The molecule has 6 nitrogen and oxygen atoms in total. The molecule has 4 atom stereocenters. The predicted octanol–water partition coefficient (Wildman–Crippen LogP) is -0.137. The number of carbonyl (C=O) groups excluding carboxylic acids is 3. The largest absolute Gasteiger partial charge is 0.469 e. The number of carbonyl (C=O) groups is 3. The van der Waals surface area contributed by atoms with Crippen molar-refractivity contribution in [1.82, 2.24) is 5.32 Å². The number of rotatable bonds is 3. The summed E-state index contributed by atoms with van der Waals surface area (Å²) in [5.74, 6) is -1.46. The Bertz CT molecular complexity index is 407. The predicted molar refractivity (Wildman–Crippen MR) is 60.3 cm³/mol. The van der Waals surface area contributed by atoms with Crippen molar-refractivity contribution < 1.29 is 23.9 Å². The molecule has 2 aliphatic carbocycles. The van der Waals surface area contributed by atoms with Crippen molar-refractivity contribution in [3.63, 3.8) is 0 Å². The van der Waals surface area contributed by atoms with Crippen molar-refractivity contribution in [2.24, 2.45) is 17.8 Å². The summed E-state index contributed by atoms with van der Waals surface area (Å²) in [7, 11) is 2.61. The number of ether oxygens (including phenoxy) is 2. The molecule has 0 aromatic heterocycles. The standard InChI is InChI=1S/C12H17NO5/c1-6(14)13-12(11(16)18-3)5-4-7-8(9(7)12)10(15)17-2/h7-9H,4-5H2,1-3H3,(H,13,14)/t7-,8-,9-,12-/m0/s1. The summed E-state index contributed by atoms with van der Waals surface area (Å²) in [6.45, 7) is 1.35. The Morgan fingerprint density at radius 3 is 2.39 bits per heavy atom. The minimum atomic E-state index is -1.05. The van der Waals surface area contributed by atoms with Gasteiger partial charge in [0.25, 0.3) is 0 Å². The second-order valence-corrected chi connectivity index (χ2v) is 4.92. The molecule has 2 saturated carbocycles. The summed E-state index contributed by atoms with van der Waals surface area (Å²) in [4.78, 5) is 34.9. The highest BCUT2D eigenvalue weighted by atomic mass is 16.5. The van der Waals surface area contributed by atoms with Crippen LogP contribution in [-0.2, 0) is 23.9 Å². The number of methoxy groups -OCH3 is 2. The molecule has 0 bridgehead atoms. The van der Waals surface area contributed by atoms with Crippen molar-refractivity contribution in [3.8, 4) is 0 Å². The van der Waals surface area contributed by atoms with Gasteiger partial charge in [0.1, 0.15) is 5.54 Å². The molecule has 0 heterocycles. The fourth-order valence-electron chi connectivity index (χ4n) is 3.35. The zero-order valence-electron chi connectivity index (χ0n) is 10.7. The molecule has 2 fully saturated rings. The lowest BCUT2D eigenvalue weighted by molar-refractivity contribution is -0.153. The van der Waals surface area contributed by atoms with Crippen LogP contribution in [0.1, 0.15) is 19.8 Å². The molecule has 0 saturated heterocycles. The lowest BCUT2D eigenvalue weighted by Crippen LogP contribution is -2.55. The molecule has 0 aromatic rings. The summed E-state index contributed by atoms with van der Waals surface area (Å²) in [5.41, 5.74) is -1.05. The van der Waals surface area contributed by atoms with Gasteiger partial charge in [-0.15, -0.1) is 0 Å². The van der Waals surface area contributed by atoms with E-state index in [1.165, 1.54) is 21.1 Å². The van der Waals surface area contributed by atoms with Crippen LogP contribution in [0, 0.1) is 17.8 Å². The van der Waals surface area contributed by atoms with E-state index in [1.54, 1.807) is 0 Å². The van der Waals surface area contributed by atoms with Gasteiger partial charge in [-0.25, -0.2) is 4.79 Å². The van der Waals surface area contributed by atoms with Crippen LogP contribution in [0.2, 0.25) is 0 Å². The van der Waals surface area contributed by atoms with Crippen LogP contribution in [-0.4, -0.2) is 37.6 Å². The Hall–Kier alpha value is -1.59. The molecule has 2 aliphatic rings. The molecule has 1 amide bonds. The Labute approximate surface area is 105 Å². The van der Waals surface area contributed by atoms with Gasteiger partial charge in [0.2, 0.25) is 5.91 Å². The Morgan fingerprint density at radius 1 is 1.22 bits per heavy atom. The maximum Gasteiger partial charge on any atom is 0.331 e. The minimum Gasteiger partial charge on any atom is -0.469 e. The van der Waals surface area contributed by atoms with Gasteiger partial charge in [0.15, 0.2) is 0 Å². The van der Waals surface area contributed by atoms with Crippen LogP contribution in [0.25, 0.3) is 0 Å². The highest BCUT2D eigenvalue weighted by molar-refractivity contribution is 5.91. The van der Waals surface area contributed by atoms with Crippen LogP contribution >= 0.6 is 0 Å². The number of nitrogens with one attached hydrogen (secondary N) is 1. The van der Waals surface area contributed by atoms with Crippen molar-refractivity contribution >= 4 is 17.8 Å². The van der Waals surface area contributed by atoms with E-state index in [9.17, 15) is 14.4 Å². The maximum absolute atomic E-state index is 12.0. The molecule has 0 aliphatic heterocycles. The summed E-state index contributed by atoms with van der Waals surface area (Å²) in [6, 6.07) is 0. The minimum absolute atomic E-state index is 0.114. The summed E-state index contributed by atoms with van der Waals surface area (Å²) in [5, 5.41) is 2.69. The molecule has 0 aromatic carbocycles. The molecule has 2 rings (SSSR count). The number of hydrogen-bond donors (Lipinski definition) is 1. The number of amides is 1. The van der Waals surface area contributed by atoms with Crippen LogP contribution in [0.4, 0.5) is 0 Å². The van der Waals surface area contributed by atoms with E-state index in [-0.39, 0.29) is 29.6 Å². The van der Waals surface area contributed by atoms with Crippen LogP contribution in [0.3, 0.4) is 0 Å². The first-order valence-corrected chi connectivity index (χ1v) is 5.93. The summed E-state index contributed by atoms with van der Waals surface area (Å²) < 4.78 is 9.51. The molecular formula is C12H17NO5. The number of esters is 2. The van der Waals surface area contributed by atoms with E-state index in [0.717, 1.165) is 6.42 Å². The van der Waals surface area contributed by atoms with Crippen molar-refractivity contribution in [3.05, 3.63) is 0 Å². The monoisotopic (exact) mass is 255 g/mol. The van der Waals surface area contributed by atoms with E-state index in [2.05, 4.69) is 5.32 Å². The van der Waals surface area contributed by atoms with Gasteiger partial charge in [-0.05, 0) is 18.8 Å². The van der Waals surface area contributed by atoms with E-state index < -0.39 is 11.5 Å². The first-order valence-electron chi connectivity index (χ1n) is 5.93. The first-order chi connectivity index (χ1) is 8.47. The van der Waals surface area contributed by atoms with Crippen molar-refractivity contribution in [2.45, 2.75) is 25.3 Å². The Balaban J connectivity index is 2.24. The molecule has 0 spiro atoms. The van der Waals surface area contributed by atoms with Gasteiger partial charge in [-0.1, -0.05) is 0 Å². The average Bonchev–Trinajstić information content (AvgIpc) is 2.97. The highest BCUT2D eigenvalue weighted by Gasteiger charge is 2.72. The van der Waals surface area contributed by atoms with Crippen LogP contribution in [0.5, 0.6) is 0 Å². The lowest BCUT2D eigenvalue weighted by atomic mass is 9.90. The zero-order valence-corrected chi connectivity index (χ0v) is 10.7. The molecule has 6 heteroatoms. The van der Waals surface area contributed by atoms with Crippen LogP contribution < -0.4 is 5.32 Å². The Morgan fingerprint density at radius 2 is 1.89 bits per heavy atom. The smallest absolute Gasteiger partial charge is 0.331 e. The third kappa shape index (κ3) is 1.67. The van der Waals surface area contributed by atoms with Gasteiger partial charge >= 0.3 is 11.9 Å². The summed E-state index contributed by atoms with van der Waals surface area (Å²) >= 11 is 0. The Kier molecular flexibility index (Phi) is 3.04. The average molecular weight is 255 g/mol. The number of fused-ring (bicyclic) bond motifs is 1. The molecule has 0 radical (unpaired) electrons.